The molecule has 2 aromatic rings. The van der Waals surface area contributed by atoms with Crippen LogP contribution in [0.4, 0.5) is 11.8 Å². The quantitative estimate of drug-likeness (QED) is 0.828. The molecule has 0 spiro atoms. The highest BCUT2D eigenvalue weighted by Crippen LogP contribution is 2.19. The molecule has 0 saturated heterocycles. The number of hydrogen-bond acceptors (Lipinski definition) is 5. The molecule has 1 aromatic heterocycles. The molecule has 0 radical (unpaired) electrons. The van der Waals surface area contributed by atoms with Gasteiger partial charge in [-0.1, -0.05) is 41.9 Å². The van der Waals surface area contributed by atoms with E-state index in [9.17, 15) is 0 Å². The van der Waals surface area contributed by atoms with Crippen LogP contribution in [0, 0.1) is 0 Å². The molecule has 0 aliphatic carbocycles. The lowest BCUT2D eigenvalue weighted by atomic mass is 10.1. The van der Waals surface area contributed by atoms with E-state index in [2.05, 4.69) is 32.3 Å². The fourth-order valence-electron chi connectivity index (χ4n) is 2.00. The van der Waals surface area contributed by atoms with Gasteiger partial charge in [0.25, 0.3) is 0 Å². The fraction of sp³-hybridized carbons (Fsp3) is 0.286. The van der Waals surface area contributed by atoms with Crippen molar-refractivity contribution in [3.63, 3.8) is 0 Å². The van der Waals surface area contributed by atoms with Crippen molar-refractivity contribution in [2.45, 2.75) is 6.04 Å². The van der Waals surface area contributed by atoms with Gasteiger partial charge in [0.05, 0.1) is 6.04 Å². The zero-order valence-corrected chi connectivity index (χ0v) is 12.3. The summed E-state index contributed by atoms with van der Waals surface area (Å²) in [4.78, 5) is 10.1. The second-order valence-corrected chi connectivity index (χ2v) is 5.09. The Morgan fingerprint density at radius 2 is 1.95 bits per heavy atom. The molecule has 20 heavy (non-hydrogen) atoms. The Morgan fingerprint density at radius 3 is 2.55 bits per heavy atom. The lowest BCUT2D eigenvalue weighted by molar-refractivity contribution is 0.311. The molecule has 3 N–H and O–H groups in total. The van der Waals surface area contributed by atoms with E-state index < -0.39 is 0 Å². The summed E-state index contributed by atoms with van der Waals surface area (Å²) in [5.74, 6) is 0.798. The first-order valence-electron chi connectivity index (χ1n) is 6.31. The van der Waals surface area contributed by atoms with Crippen molar-refractivity contribution in [2.24, 2.45) is 0 Å². The van der Waals surface area contributed by atoms with Gasteiger partial charge in [-0.25, -0.2) is 4.98 Å². The number of nitrogen functional groups attached to an aromatic ring is 1. The van der Waals surface area contributed by atoms with Gasteiger partial charge in [-0.2, -0.15) is 4.98 Å². The summed E-state index contributed by atoms with van der Waals surface area (Å²) in [6.07, 6.45) is 0. The normalized spacial score (nSPS) is 12.4. The smallest absolute Gasteiger partial charge is 0.223 e. The van der Waals surface area contributed by atoms with E-state index in [4.69, 9.17) is 17.3 Å². The number of nitrogens with two attached hydrogens (primary N) is 1. The number of anilines is 2. The van der Waals surface area contributed by atoms with Crippen LogP contribution in [0.3, 0.4) is 0 Å². The van der Waals surface area contributed by atoms with Crippen molar-refractivity contribution in [3.8, 4) is 0 Å². The first-order chi connectivity index (χ1) is 9.56. The molecule has 0 bridgehead atoms. The minimum atomic E-state index is 0.168. The maximum atomic E-state index is 5.86. The van der Waals surface area contributed by atoms with Crippen LogP contribution in [0.1, 0.15) is 11.6 Å². The van der Waals surface area contributed by atoms with Crippen LogP contribution in [0.5, 0.6) is 0 Å². The Bertz CT molecular complexity index is 538. The van der Waals surface area contributed by atoms with Gasteiger partial charge in [0.2, 0.25) is 5.95 Å². The molecule has 1 atom stereocenters. The maximum Gasteiger partial charge on any atom is 0.223 e. The number of halogens is 1. The van der Waals surface area contributed by atoms with Crippen molar-refractivity contribution in [1.29, 1.82) is 0 Å². The average Bonchev–Trinajstić information content (AvgIpc) is 2.38. The second kappa shape index (κ2) is 6.54. The summed E-state index contributed by atoms with van der Waals surface area (Å²) < 4.78 is 0. The van der Waals surface area contributed by atoms with Crippen LogP contribution in [0.15, 0.2) is 36.4 Å². The first kappa shape index (κ1) is 14.6. The maximum absolute atomic E-state index is 5.86. The molecular formula is C14H18ClN5. The Kier molecular flexibility index (Phi) is 4.76. The van der Waals surface area contributed by atoms with Crippen LogP contribution >= 0.6 is 11.6 Å². The van der Waals surface area contributed by atoms with Crippen molar-refractivity contribution < 1.29 is 0 Å². The molecule has 0 amide bonds. The SMILES string of the molecule is CN(C)C(CNc1cc(Cl)nc(N)n1)c1ccccc1. The zero-order valence-electron chi connectivity index (χ0n) is 11.5. The van der Waals surface area contributed by atoms with Gasteiger partial charge < -0.3 is 16.0 Å². The number of hydrogen-bond donors (Lipinski definition) is 2. The lowest BCUT2D eigenvalue weighted by Gasteiger charge is -2.25. The van der Waals surface area contributed by atoms with Crippen molar-refractivity contribution >= 4 is 23.4 Å². The third-order valence-corrected chi connectivity index (χ3v) is 3.19. The molecule has 106 valence electrons. The number of rotatable bonds is 5. The van der Waals surface area contributed by atoms with E-state index >= 15 is 0 Å². The van der Waals surface area contributed by atoms with Gasteiger partial charge >= 0.3 is 0 Å². The summed E-state index contributed by atoms with van der Waals surface area (Å²) in [7, 11) is 4.08. The van der Waals surface area contributed by atoms with E-state index in [1.807, 2.05) is 32.3 Å². The van der Waals surface area contributed by atoms with E-state index in [1.165, 1.54) is 5.56 Å². The first-order valence-corrected chi connectivity index (χ1v) is 6.69. The summed E-state index contributed by atoms with van der Waals surface area (Å²) in [5, 5.41) is 3.58. The summed E-state index contributed by atoms with van der Waals surface area (Å²) >= 11 is 5.86. The largest absolute Gasteiger partial charge is 0.368 e. The third-order valence-electron chi connectivity index (χ3n) is 3.00. The van der Waals surface area contributed by atoms with Gasteiger partial charge in [-0.15, -0.1) is 0 Å². The number of aromatic nitrogens is 2. The predicted octanol–water partition coefficient (Wildman–Crippen LogP) is 2.43. The Labute approximate surface area is 123 Å². The molecule has 6 heteroatoms. The number of likely N-dealkylation sites (N-methyl/N-ethyl adjacent to an activating group) is 1. The standard InChI is InChI=1S/C14H18ClN5/c1-20(2)11(10-6-4-3-5-7-10)9-17-13-8-12(15)18-14(16)19-13/h3-8,11H,9H2,1-2H3,(H3,16,17,18,19). The van der Waals surface area contributed by atoms with Crippen molar-refractivity contribution in [3.05, 3.63) is 47.1 Å². The van der Waals surface area contributed by atoms with Gasteiger partial charge in [-0.3, -0.25) is 0 Å². The monoisotopic (exact) mass is 291 g/mol. The van der Waals surface area contributed by atoms with E-state index in [-0.39, 0.29) is 12.0 Å². The lowest BCUT2D eigenvalue weighted by Crippen LogP contribution is -2.27. The molecule has 0 saturated carbocycles. The van der Waals surface area contributed by atoms with Gasteiger partial charge in [0.1, 0.15) is 11.0 Å². The minimum Gasteiger partial charge on any atom is -0.368 e. The van der Waals surface area contributed by atoms with Crippen LogP contribution in [-0.2, 0) is 0 Å². The van der Waals surface area contributed by atoms with Crippen molar-refractivity contribution in [2.75, 3.05) is 31.7 Å². The van der Waals surface area contributed by atoms with Gasteiger partial charge in [0, 0.05) is 12.6 Å². The molecule has 5 nitrogen and oxygen atoms in total. The molecule has 0 aliphatic rings. The highest BCUT2D eigenvalue weighted by Gasteiger charge is 2.13. The fourth-order valence-corrected chi connectivity index (χ4v) is 2.19. The summed E-state index contributed by atoms with van der Waals surface area (Å²) in [6, 6.07) is 12.2. The molecule has 1 unspecified atom stereocenters. The summed E-state index contributed by atoms with van der Waals surface area (Å²) in [5.41, 5.74) is 6.81. The molecule has 1 heterocycles. The predicted molar refractivity (Wildman–Crippen MR) is 82.8 cm³/mol. The summed E-state index contributed by atoms with van der Waals surface area (Å²) in [6.45, 7) is 0.698. The minimum absolute atomic E-state index is 0.168. The number of nitrogens with one attached hydrogen (secondary N) is 1. The highest BCUT2D eigenvalue weighted by atomic mass is 35.5. The topological polar surface area (TPSA) is 67.1 Å². The van der Waals surface area contributed by atoms with E-state index in [0.29, 0.717) is 17.5 Å². The average molecular weight is 292 g/mol. The third kappa shape index (κ3) is 3.82. The molecule has 0 fully saturated rings. The molecule has 2 rings (SSSR count). The Balaban J connectivity index is 2.10. The van der Waals surface area contributed by atoms with Crippen molar-refractivity contribution in [1.82, 2.24) is 14.9 Å². The molecule has 1 aromatic carbocycles. The highest BCUT2D eigenvalue weighted by molar-refractivity contribution is 6.29. The van der Waals surface area contributed by atoms with Crippen LogP contribution in [-0.4, -0.2) is 35.5 Å². The Hall–Kier alpha value is -1.85. The Morgan fingerprint density at radius 1 is 1.25 bits per heavy atom. The van der Waals surface area contributed by atoms with E-state index in [0.717, 1.165) is 0 Å². The van der Waals surface area contributed by atoms with Gasteiger partial charge in [-0.05, 0) is 19.7 Å². The molecular weight excluding hydrogens is 274 g/mol. The van der Waals surface area contributed by atoms with Crippen LogP contribution in [0.2, 0.25) is 5.15 Å². The second-order valence-electron chi connectivity index (χ2n) is 4.71. The van der Waals surface area contributed by atoms with Gasteiger partial charge in [0.15, 0.2) is 0 Å². The van der Waals surface area contributed by atoms with Crippen LogP contribution < -0.4 is 11.1 Å². The molecule has 0 aliphatic heterocycles. The zero-order chi connectivity index (χ0) is 14.5. The van der Waals surface area contributed by atoms with Crippen LogP contribution in [0.25, 0.3) is 0 Å². The number of benzene rings is 1. The number of nitrogens with zero attached hydrogens (tertiary/aromatic N) is 3. The van der Waals surface area contributed by atoms with E-state index in [1.54, 1.807) is 6.07 Å².